The molecule has 0 bridgehead atoms. The third-order valence-electron chi connectivity index (χ3n) is 7.45. The monoisotopic (exact) mass is 593 g/mol. The number of nitrogens with zero attached hydrogens (tertiary/aromatic N) is 2. The number of morpholine rings is 1. The number of rotatable bonds is 12. The molecule has 0 radical (unpaired) electrons. The Balaban J connectivity index is 1.41. The average Bonchev–Trinajstić information content (AvgIpc) is 3.36. The summed E-state index contributed by atoms with van der Waals surface area (Å²) < 4.78 is 10.9. The molecule has 10 nitrogen and oxygen atoms in total. The van der Waals surface area contributed by atoms with E-state index in [9.17, 15) is 14.4 Å². The predicted octanol–water partition coefficient (Wildman–Crippen LogP) is 1.67. The van der Waals surface area contributed by atoms with Gasteiger partial charge < -0.3 is 25.4 Å². The number of alkyl halides is 1. The maximum atomic E-state index is 13.6. The molecule has 1 aromatic heterocycles. The summed E-state index contributed by atoms with van der Waals surface area (Å²) in [5.41, 5.74) is 1.35. The Bertz CT molecular complexity index is 1080. The van der Waals surface area contributed by atoms with Crippen LogP contribution in [0.5, 0.6) is 0 Å². The number of halogens is 1. The van der Waals surface area contributed by atoms with Crippen molar-refractivity contribution in [3.63, 3.8) is 0 Å². The molecule has 3 heterocycles. The fraction of sp³-hybridized carbons (Fsp3) is 0.643. The van der Waals surface area contributed by atoms with Gasteiger partial charge in [0.25, 0.3) is 0 Å². The zero-order chi connectivity index (χ0) is 28.5. The zero-order valence-corrected chi connectivity index (χ0v) is 24.7. The van der Waals surface area contributed by atoms with Crippen molar-refractivity contribution in [2.24, 2.45) is 5.92 Å². The van der Waals surface area contributed by atoms with Crippen molar-refractivity contribution in [1.29, 1.82) is 0 Å². The number of hydrogen-bond donors (Lipinski definition) is 3. The Hall–Kier alpha value is -2.31. The van der Waals surface area contributed by atoms with Crippen molar-refractivity contribution < 1.29 is 23.9 Å². The average molecular weight is 594 g/mol. The van der Waals surface area contributed by atoms with E-state index in [0.29, 0.717) is 45.0 Å². The fourth-order valence-electron chi connectivity index (χ4n) is 5.06. The number of amides is 3. The van der Waals surface area contributed by atoms with Crippen molar-refractivity contribution in [2.75, 3.05) is 52.6 Å². The van der Waals surface area contributed by atoms with Crippen LogP contribution in [0.4, 0.5) is 0 Å². The number of fused-ring (bicyclic) bond motifs is 1. The minimum atomic E-state index is -0.787. The number of carbonyl (C=O) groups excluding carboxylic acids is 3. The Labute approximate surface area is 244 Å². The third-order valence-corrected chi connectivity index (χ3v) is 8.87. The standard InChI is InChI=1S/C28H40ClN5O5S/c1-3-25(35)31-22(15-26-32-21-5-4-20(29)14-24(21)40-26)28(37)33-23(19-6-10-38-11-7-19)16-30-27(36)18(2)17-34-8-12-39-13-9-34/h4-5,19-20,22-23H,2-3,6-17H2,1H3,(H,30,36)(H,31,35)(H,33,37)/t20?,22-,23+/m0/s1. The quantitative estimate of drug-likeness (QED) is 0.249. The molecule has 2 aliphatic heterocycles. The molecule has 3 N–H and O–H groups in total. The van der Waals surface area contributed by atoms with Crippen LogP contribution in [0.15, 0.2) is 18.2 Å². The second-order valence-electron chi connectivity index (χ2n) is 10.4. The number of allylic oxidation sites excluding steroid dienone is 1. The van der Waals surface area contributed by atoms with Gasteiger partial charge >= 0.3 is 0 Å². The maximum Gasteiger partial charge on any atom is 0.247 e. The van der Waals surface area contributed by atoms with E-state index in [4.69, 9.17) is 21.1 Å². The number of thiazole rings is 1. The van der Waals surface area contributed by atoms with Gasteiger partial charge in [0, 0.05) is 75.1 Å². The number of nitrogens with one attached hydrogen (secondary N) is 3. The van der Waals surface area contributed by atoms with Crippen LogP contribution in [0.25, 0.3) is 6.08 Å². The van der Waals surface area contributed by atoms with Gasteiger partial charge in [-0.3, -0.25) is 19.3 Å². The lowest BCUT2D eigenvalue weighted by Gasteiger charge is -2.32. The molecule has 0 spiro atoms. The molecule has 4 rings (SSSR count). The van der Waals surface area contributed by atoms with Gasteiger partial charge in [-0.15, -0.1) is 22.9 Å². The minimum absolute atomic E-state index is 0.0694. The molecule has 1 aliphatic carbocycles. The van der Waals surface area contributed by atoms with E-state index in [1.54, 1.807) is 6.92 Å². The molecule has 2 saturated heterocycles. The summed E-state index contributed by atoms with van der Waals surface area (Å²) in [4.78, 5) is 46.8. The van der Waals surface area contributed by atoms with Gasteiger partial charge in [0.1, 0.15) is 6.04 Å². The van der Waals surface area contributed by atoms with Crippen LogP contribution in [-0.2, 0) is 36.7 Å². The molecular weight excluding hydrogens is 554 g/mol. The van der Waals surface area contributed by atoms with Crippen LogP contribution in [0, 0.1) is 5.92 Å². The molecule has 12 heteroatoms. The fourth-order valence-corrected chi connectivity index (χ4v) is 6.54. The van der Waals surface area contributed by atoms with Crippen molar-refractivity contribution in [3.8, 4) is 0 Å². The van der Waals surface area contributed by atoms with Gasteiger partial charge in [0.2, 0.25) is 17.7 Å². The zero-order valence-electron chi connectivity index (χ0n) is 23.1. The summed E-state index contributed by atoms with van der Waals surface area (Å²) in [6.45, 7) is 10.5. The first-order valence-corrected chi connectivity index (χ1v) is 15.3. The van der Waals surface area contributed by atoms with Gasteiger partial charge in [-0.25, -0.2) is 4.98 Å². The Morgan fingerprint density at radius 3 is 2.62 bits per heavy atom. The first-order chi connectivity index (χ1) is 19.3. The second kappa shape index (κ2) is 15.1. The summed E-state index contributed by atoms with van der Waals surface area (Å²) in [5.74, 6) is -0.602. The minimum Gasteiger partial charge on any atom is -0.381 e. The lowest BCUT2D eigenvalue weighted by Crippen LogP contribution is -2.55. The van der Waals surface area contributed by atoms with Gasteiger partial charge in [0.05, 0.1) is 29.3 Å². The van der Waals surface area contributed by atoms with Crippen molar-refractivity contribution in [3.05, 3.63) is 33.8 Å². The SMILES string of the molecule is C=C(CN1CCOCC1)C(=O)NC[C@@H](NC(=O)[C@H](Cc1nc2c(s1)CC(Cl)C=C2)NC(=O)CC)C1CCOCC1. The summed E-state index contributed by atoms with van der Waals surface area (Å²) in [6, 6.07) is -1.10. The molecule has 0 aromatic carbocycles. The molecule has 40 heavy (non-hydrogen) atoms. The molecule has 220 valence electrons. The highest BCUT2D eigenvalue weighted by Crippen LogP contribution is 2.28. The molecule has 3 amide bonds. The first kappa shape index (κ1) is 30.6. The lowest BCUT2D eigenvalue weighted by atomic mass is 9.91. The van der Waals surface area contributed by atoms with E-state index in [0.717, 1.165) is 41.5 Å². The molecule has 1 unspecified atom stereocenters. The van der Waals surface area contributed by atoms with Gasteiger partial charge in [-0.05, 0) is 24.8 Å². The highest BCUT2D eigenvalue weighted by molar-refractivity contribution is 7.11. The molecular formula is C28H40ClN5O5S. The third kappa shape index (κ3) is 8.84. The maximum absolute atomic E-state index is 13.6. The van der Waals surface area contributed by atoms with Crippen LogP contribution in [0.1, 0.15) is 41.8 Å². The second-order valence-corrected chi connectivity index (χ2v) is 12.2. The van der Waals surface area contributed by atoms with E-state index in [-0.39, 0.29) is 54.4 Å². The van der Waals surface area contributed by atoms with E-state index >= 15 is 0 Å². The topological polar surface area (TPSA) is 122 Å². The number of hydrogen-bond acceptors (Lipinski definition) is 8. The summed E-state index contributed by atoms with van der Waals surface area (Å²) in [7, 11) is 0. The van der Waals surface area contributed by atoms with Crippen LogP contribution in [-0.4, -0.2) is 97.7 Å². The van der Waals surface area contributed by atoms with Crippen molar-refractivity contribution >= 4 is 46.7 Å². The van der Waals surface area contributed by atoms with Gasteiger partial charge in [-0.2, -0.15) is 0 Å². The summed E-state index contributed by atoms with van der Waals surface area (Å²) >= 11 is 7.79. The summed E-state index contributed by atoms with van der Waals surface area (Å²) in [5, 5.41) is 9.70. The first-order valence-electron chi connectivity index (χ1n) is 14.1. The van der Waals surface area contributed by atoms with Crippen LogP contribution < -0.4 is 16.0 Å². The van der Waals surface area contributed by atoms with Crippen molar-refractivity contribution in [2.45, 2.75) is 56.5 Å². The molecule has 3 atom stereocenters. The highest BCUT2D eigenvalue weighted by Gasteiger charge is 2.31. The highest BCUT2D eigenvalue weighted by atomic mass is 35.5. The predicted molar refractivity (Wildman–Crippen MR) is 155 cm³/mol. The van der Waals surface area contributed by atoms with E-state index in [1.807, 2.05) is 12.2 Å². The van der Waals surface area contributed by atoms with Crippen LogP contribution in [0.2, 0.25) is 0 Å². The largest absolute Gasteiger partial charge is 0.381 e. The normalized spacial score (nSPS) is 21.2. The van der Waals surface area contributed by atoms with E-state index < -0.39 is 6.04 Å². The molecule has 2 fully saturated rings. The van der Waals surface area contributed by atoms with Crippen LogP contribution >= 0.6 is 22.9 Å². The van der Waals surface area contributed by atoms with Gasteiger partial charge in [0.15, 0.2) is 0 Å². The van der Waals surface area contributed by atoms with Crippen molar-refractivity contribution in [1.82, 2.24) is 25.8 Å². The lowest BCUT2D eigenvalue weighted by molar-refractivity contribution is -0.129. The van der Waals surface area contributed by atoms with E-state index in [2.05, 4.69) is 32.4 Å². The molecule has 3 aliphatic rings. The Morgan fingerprint density at radius 2 is 1.90 bits per heavy atom. The van der Waals surface area contributed by atoms with Gasteiger partial charge in [-0.1, -0.05) is 19.6 Å². The number of ether oxygens (including phenoxy) is 2. The Kier molecular flexibility index (Phi) is 11.5. The molecule has 1 aromatic rings. The van der Waals surface area contributed by atoms with Crippen LogP contribution in [0.3, 0.4) is 0 Å². The number of carbonyl (C=O) groups is 3. The number of aromatic nitrogens is 1. The smallest absolute Gasteiger partial charge is 0.247 e. The summed E-state index contributed by atoms with van der Waals surface area (Å²) in [6.07, 6.45) is 6.61. The Morgan fingerprint density at radius 1 is 1.18 bits per heavy atom. The van der Waals surface area contributed by atoms with E-state index in [1.165, 1.54) is 11.3 Å². The molecule has 0 saturated carbocycles.